The van der Waals surface area contributed by atoms with Crippen LogP contribution in [0.5, 0.6) is 0 Å². The standard InChI is InChI=1S/C16H26N2O2S/c1-4-11-21(19,20)18-15-8-6-5-7-14(15)16(3)9-10-17-12-13(16)2/h5-8,13,17-18H,4,9-12H2,1-3H3. The summed E-state index contributed by atoms with van der Waals surface area (Å²) < 4.78 is 27.0. The minimum atomic E-state index is -3.26. The van der Waals surface area contributed by atoms with Gasteiger partial charge in [-0.3, -0.25) is 4.72 Å². The highest BCUT2D eigenvalue weighted by atomic mass is 32.2. The molecule has 0 saturated carbocycles. The van der Waals surface area contributed by atoms with Crippen molar-refractivity contribution in [2.75, 3.05) is 23.6 Å². The summed E-state index contributed by atoms with van der Waals surface area (Å²) >= 11 is 0. The lowest BCUT2D eigenvalue weighted by atomic mass is 9.68. The Kier molecular flexibility index (Phi) is 4.94. The van der Waals surface area contributed by atoms with Gasteiger partial charge in [-0.05, 0) is 48.9 Å². The van der Waals surface area contributed by atoms with Gasteiger partial charge in [0.2, 0.25) is 10.0 Å². The molecule has 0 radical (unpaired) electrons. The Labute approximate surface area is 128 Å². The van der Waals surface area contributed by atoms with Gasteiger partial charge in [-0.25, -0.2) is 8.42 Å². The van der Waals surface area contributed by atoms with Crippen molar-refractivity contribution in [2.45, 2.75) is 39.0 Å². The van der Waals surface area contributed by atoms with E-state index in [9.17, 15) is 8.42 Å². The smallest absolute Gasteiger partial charge is 0.232 e. The molecule has 1 aliphatic rings. The third kappa shape index (κ3) is 3.58. The Morgan fingerprint density at radius 3 is 2.76 bits per heavy atom. The monoisotopic (exact) mass is 310 g/mol. The second kappa shape index (κ2) is 6.36. The highest BCUT2D eigenvalue weighted by Gasteiger charge is 2.37. The van der Waals surface area contributed by atoms with Crippen LogP contribution < -0.4 is 10.0 Å². The van der Waals surface area contributed by atoms with Gasteiger partial charge in [0.15, 0.2) is 0 Å². The van der Waals surface area contributed by atoms with E-state index in [1.54, 1.807) is 0 Å². The maximum Gasteiger partial charge on any atom is 0.232 e. The van der Waals surface area contributed by atoms with Gasteiger partial charge in [0.1, 0.15) is 0 Å². The van der Waals surface area contributed by atoms with Crippen LogP contribution in [0.4, 0.5) is 5.69 Å². The van der Waals surface area contributed by atoms with E-state index < -0.39 is 10.0 Å². The van der Waals surface area contributed by atoms with Crippen LogP contribution in [-0.2, 0) is 15.4 Å². The molecule has 4 nitrogen and oxygen atoms in total. The number of sulfonamides is 1. The molecule has 21 heavy (non-hydrogen) atoms. The van der Waals surface area contributed by atoms with Gasteiger partial charge in [0.25, 0.3) is 0 Å². The molecule has 2 N–H and O–H groups in total. The van der Waals surface area contributed by atoms with Gasteiger partial charge in [-0.1, -0.05) is 39.0 Å². The molecule has 0 amide bonds. The zero-order valence-corrected chi connectivity index (χ0v) is 14.0. The minimum absolute atomic E-state index is 0.00339. The summed E-state index contributed by atoms with van der Waals surface area (Å²) in [5.74, 6) is 0.623. The molecule has 1 aromatic carbocycles. The molecule has 1 fully saturated rings. The first-order valence-electron chi connectivity index (χ1n) is 7.70. The first-order valence-corrected chi connectivity index (χ1v) is 9.35. The summed E-state index contributed by atoms with van der Waals surface area (Å²) in [7, 11) is -3.26. The number of rotatable bonds is 5. The van der Waals surface area contributed by atoms with E-state index in [4.69, 9.17) is 0 Å². The van der Waals surface area contributed by atoms with E-state index in [-0.39, 0.29) is 11.2 Å². The van der Waals surface area contributed by atoms with Crippen molar-refractivity contribution >= 4 is 15.7 Å². The van der Waals surface area contributed by atoms with Crippen molar-refractivity contribution in [1.29, 1.82) is 0 Å². The average molecular weight is 310 g/mol. The van der Waals surface area contributed by atoms with E-state index in [1.165, 1.54) is 0 Å². The summed E-state index contributed by atoms with van der Waals surface area (Å²) in [6.45, 7) is 8.28. The van der Waals surface area contributed by atoms with Crippen molar-refractivity contribution in [2.24, 2.45) is 5.92 Å². The topological polar surface area (TPSA) is 58.2 Å². The van der Waals surface area contributed by atoms with Gasteiger partial charge >= 0.3 is 0 Å². The van der Waals surface area contributed by atoms with Gasteiger partial charge in [-0.15, -0.1) is 0 Å². The van der Waals surface area contributed by atoms with Crippen LogP contribution in [0.15, 0.2) is 24.3 Å². The maximum atomic E-state index is 12.1. The molecule has 0 spiro atoms. The van der Waals surface area contributed by atoms with Gasteiger partial charge in [0.05, 0.1) is 11.4 Å². The molecule has 2 rings (SSSR count). The quantitative estimate of drug-likeness (QED) is 0.879. The lowest BCUT2D eigenvalue weighted by Crippen LogP contribution is -2.45. The number of piperidine rings is 1. The van der Waals surface area contributed by atoms with Crippen molar-refractivity contribution < 1.29 is 8.42 Å². The Hall–Kier alpha value is -1.07. The van der Waals surface area contributed by atoms with Crippen LogP contribution in [0, 0.1) is 5.92 Å². The highest BCUT2D eigenvalue weighted by molar-refractivity contribution is 7.92. The van der Waals surface area contributed by atoms with Gasteiger partial charge < -0.3 is 5.32 Å². The van der Waals surface area contributed by atoms with Crippen molar-refractivity contribution in [3.63, 3.8) is 0 Å². The zero-order valence-electron chi connectivity index (χ0n) is 13.1. The molecule has 1 heterocycles. The fourth-order valence-corrected chi connectivity index (χ4v) is 4.25. The van der Waals surface area contributed by atoms with Crippen molar-refractivity contribution in [3.8, 4) is 0 Å². The van der Waals surface area contributed by atoms with E-state index in [1.807, 2.05) is 25.1 Å². The number of hydrogen-bond acceptors (Lipinski definition) is 3. The SMILES string of the molecule is CCCS(=O)(=O)Nc1ccccc1C1(C)CCNCC1C. The fraction of sp³-hybridized carbons (Fsp3) is 0.625. The molecule has 1 aromatic rings. The Balaban J connectivity index is 2.37. The number of hydrogen-bond donors (Lipinski definition) is 2. The van der Waals surface area contributed by atoms with Crippen LogP contribution >= 0.6 is 0 Å². The second-order valence-electron chi connectivity index (χ2n) is 6.24. The average Bonchev–Trinajstić information content (AvgIpc) is 2.42. The lowest BCUT2D eigenvalue weighted by Gasteiger charge is -2.41. The summed E-state index contributed by atoms with van der Waals surface area (Å²) in [5.41, 5.74) is 1.84. The molecule has 0 aromatic heterocycles. The predicted molar refractivity (Wildman–Crippen MR) is 88.1 cm³/mol. The first-order chi connectivity index (χ1) is 9.89. The fourth-order valence-electron chi connectivity index (χ4n) is 3.10. The maximum absolute atomic E-state index is 12.1. The molecular formula is C16H26N2O2S. The van der Waals surface area contributed by atoms with Crippen LogP contribution in [0.2, 0.25) is 0 Å². The van der Waals surface area contributed by atoms with E-state index in [0.29, 0.717) is 12.3 Å². The van der Waals surface area contributed by atoms with Crippen LogP contribution in [-0.4, -0.2) is 27.3 Å². The molecule has 2 unspecified atom stereocenters. The predicted octanol–water partition coefficient (Wildman–Crippen LogP) is 2.73. The normalized spacial score (nSPS) is 26.5. The first kappa shape index (κ1) is 16.3. The Bertz CT molecular complexity index is 586. The number of para-hydroxylation sites is 1. The summed E-state index contributed by atoms with van der Waals surface area (Å²) in [5, 5.41) is 3.41. The molecule has 118 valence electrons. The summed E-state index contributed by atoms with van der Waals surface area (Å²) in [6.07, 6.45) is 1.63. The minimum Gasteiger partial charge on any atom is -0.316 e. The number of nitrogens with one attached hydrogen (secondary N) is 2. The molecule has 0 bridgehead atoms. The van der Waals surface area contributed by atoms with Crippen LogP contribution in [0.25, 0.3) is 0 Å². The molecule has 1 aliphatic heterocycles. The third-order valence-electron chi connectivity index (χ3n) is 4.64. The molecule has 1 saturated heterocycles. The Morgan fingerprint density at radius 1 is 1.38 bits per heavy atom. The molecule has 0 aliphatic carbocycles. The summed E-state index contributed by atoms with van der Waals surface area (Å²) in [4.78, 5) is 0. The zero-order chi connectivity index (χ0) is 15.5. The molecular weight excluding hydrogens is 284 g/mol. The van der Waals surface area contributed by atoms with Crippen LogP contribution in [0.1, 0.15) is 39.2 Å². The van der Waals surface area contributed by atoms with Crippen molar-refractivity contribution in [1.82, 2.24) is 5.32 Å². The van der Waals surface area contributed by atoms with E-state index in [0.717, 1.165) is 30.8 Å². The van der Waals surface area contributed by atoms with Gasteiger partial charge in [-0.2, -0.15) is 0 Å². The number of anilines is 1. The molecule has 2 atom stereocenters. The second-order valence-corrected chi connectivity index (χ2v) is 8.08. The van der Waals surface area contributed by atoms with E-state index in [2.05, 4.69) is 30.0 Å². The van der Waals surface area contributed by atoms with Crippen molar-refractivity contribution in [3.05, 3.63) is 29.8 Å². The summed E-state index contributed by atoms with van der Waals surface area (Å²) in [6, 6.07) is 7.82. The van der Waals surface area contributed by atoms with Gasteiger partial charge in [0, 0.05) is 0 Å². The van der Waals surface area contributed by atoms with Crippen LogP contribution in [0.3, 0.4) is 0 Å². The molecule has 5 heteroatoms. The third-order valence-corrected chi connectivity index (χ3v) is 6.12. The lowest BCUT2D eigenvalue weighted by molar-refractivity contribution is 0.239. The Morgan fingerprint density at radius 2 is 2.10 bits per heavy atom. The highest BCUT2D eigenvalue weighted by Crippen LogP contribution is 2.40. The van der Waals surface area contributed by atoms with E-state index >= 15 is 0 Å². The number of benzene rings is 1. The largest absolute Gasteiger partial charge is 0.316 e.